The summed E-state index contributed by atoms with van der Waals surface area (Å²) < 4.78 is 0. The fourth-order valence-electron chi connectivity index (χ4n) is 2.25. The standard InChI is InChI=1S/C14H19ClN4O2/c1-2-16-13(20)10-18-5-7-19(8-6-18)14(21)12-9-11(15)3-4-17-12/h3-4,9H,2,5-8,10H2,1H3,(H,16,20). The molecule has 21 heavy (non-hydrogen) atoms. The van der Waals surface area contributed by atoms with E-state index in [1.165, 1.54) is 6.20 Å². The Bertz CT molecular complexity index is 515. The summed E-state index contributed by atoms with van der Waals surface area (Å²) in [6, 6.07) is 3.22. The summed E-state index contributed by atoms with van der Waals surface area (Å²) in [6.07, 6.45) is 1.53. The van der Waals surface area contributed by atoms with Crippen molar-refractivity contribution >= 4 is 23.4 Å². The lowest BCUT2D eigenvalue weighted by atomic mass is 10.2. The maximum atomic E-state index is 12.3. The third-order valence-corrected chi connectivity index (χ3v) is 3.58. The Morgan fingerprint density at radius 2 is 2.05 bits per heavy atom. The van der Waals surface area contributed by atoms with Gasteiger partial charge in [0.1, 0.15) is 5.69 Å². The molecule has 114 valence electrons. The summed E-state index contributed by atoms with van der Waals surface area (Å²) >= 11 is 5.87. The number of nitrogens with one attached hydrogen (secondary N) is 1. The number of halogens is 1. The van der Waals surface area contributed by atoms with Crippen LogP contribution in [0.15, 0.2) is 18.3 Å². The molecule has 0 atom stereocenters. The molecule has 1 aliphatic rings. The van der Waals surface area contributed by atoms with Gasteiger partial charge in [-0.05, 0) is 19.1 Å². The SMILES string of the molecule is CCNC(=O)CN1CCN(C(=O)c2cc(Cl)ccn2)CC1. The molecule has 2 amide bonds. The van der Waals surface area contributed by atoms with Crippen molar-refractivity contribution in [2.24, 2.45) is 0 Å². The first-order valence-corrected chi connectivity index (χ1v) is 7.38. The first-order chi connectivity index (χ1) is 10.1. The fraction of sp³-hybridized carbons (Fsp3) is 0.500. The van der Waals surface area contributed by atoms with Crippen molar-refractivity contribution in [2.75, 3.05) is 39.3 Å². The monoisotopic (exact) mass is 310 g/mol. The molecule has 2 rings (SSSR count). The summed E-state index contributed by atoms with van der Waals surface area (Å²) in [5.74, 6) is -0.0936. The maximum absolute atomic E-state index is 12.3. The van der Waals surface area contributed by atoms with E-state index in [1.54, 1.807) is 17.0 Å². The van der Waals surface area contributed by atoms with Gasteiger partial charge in [0, 0.05) is 43.9 Å². The van der Waals surface area contributed by atoms with Crippen LogP contribution in [0.4, 0.5) is 0 Å². The molecule has 1 aliphatic heterocycles. The molecular formula is C14H19ClN4O2. The number of hydrogen-bond donors (Lipinski definition) is 1. The molecule has 7 heteroatoms. The van der Waals surface area contributed by atoms with E-state index in [-0.39, 0.29) is 11.8 Å². The number of hydrogen-bond acceptors (Lipinski definition) is 4. The van der Waals surface area contributed by atoms with E-state index in [1.807, 2.05) is 11.8 Å². The van der Waals surface area contributed by atoms with Gasteiger partial charge in [0.2, 0.25) is 5.91 Å². The highest BCUT2D eigenvalue weighted by molar-refractivity contribution is 6.30. The second-order valence-corrected chi connectivity index (χ2v) is 5.32. The Hall–Kier alpha value is -1.66. The van der Waals surface area contributed by atoms with E-state index in [9.17, 15) is 9.59 Å². The average molecular weight is 311 g/mol. The van der Waals surface area contributed by atoms with Crippen LogP contribution in [0.25, 0.3) is 0 Å². The summed E-state index contributed by atoms with van der Waals surface area (Å²) in [4.78, 5) is 31.7. The van der Waals surface area contributed by atoms with Crippen LogP contribution in [-0.4, -0.2) is 65.9 Å². The van der Waals surface area contributed by atoms with Crippen molar-refractivity contribution in [1.29, 1.82) is 0 Å². The zero-order valence-corrected chi connectivity index (χ0v) is 12.8. The molecule has 0 unspecified atom stereocenters. The number of likely N-dealkylation sites (N-methyl/N-ethyl adjacent to an activating group) is 1. The summed E-state index contributed by atoms with van der Waals surface area (Å²) in [5, 5.41) is 3.28. The molecule has 1 saturated heterocycles. The molecule has 1 aromatic heterocycles. The van der Waals surface area contributed by atoms with Gasteiger partial charge in [-0.3, -0.25) is 19.5 Å². The Kier molecular flexibility index (Phi) is 5.52. The van der Waals surface area contributed by atoms with Crippen LogP contribution in [-0.2, 0) is 4.79 Å². The Morgan fingerprint density at radius 1 is 1.33 bits per heavy atom. The quantitative estimate of drug-likeness (QED) is 0.886. The van der Waals surface area contributed by atoms with Gasteiger partial charge >= 0.3 is 0 Å². The van der Waals surface area contributed by atoms with Gasteiger partial charge in [0.25, 0.3) is 5.91 Å². The largest absolute Gasteiger partial charge is 0.355 e. The van der Waals surface area contributed by atoms with Gasteiger partial charge in [-0.2, -0.15) is 0 Å². The maximum Gasteiger partial charge on any atom is 0.272 e. The van der Waals surface area contributed by atoms with Crippen molar-refractivity contribution in [3.63, 3.8) is 0 Å². The van der Waals surface area contributed by atoms with Crippen LogP contribution in [0.2, 0.25) is 5.02 Å². The van der Waals surface area contributed by atoms with Gasteiger partial charge in [0.05, 0.1) is 6.54 Å². The molecule has 0 bridgehead atoms. The molecule has 1 N–H and O–H groups in total. The number of aromatic nitrogens is 1. The predicted molar refractivity (Wildman–Crippen MR) is 80.3 cm³/mol. The van der Waals surface area contributed by atoms with E-state index < -0.39 is 0 Å². The zero-order chi connectivity index (χ0) is 15.2. The van der Waals surface area contributed by atoms with E-state index in [0.717, 1.165) is 0 Å². The second-order valence-electron chi connectivity index (χ2n) is 4.88. The summed E-state index contributed by atoms with van der Waals surface area (Å²) in [7, 11) is 0. The van der Waals surface area contributed by atoms with Crippen LogP contribution in [0.3, 0.4) is 0 Å². The number of piperazine rings is 1. The highest BCUT2D eigenvalue weighted by atomic mass is 35.5. The van der Waals surface area contributed by atoms with Crippen molar-refractivity contribution in [2.45, 2.75) is 6.92 Å². The normalized spacial score (nSPS) is 15.8. The van der Waals surface area contributed by atoms with Gasteiger partial charge in [-0.1, -0.05) is 11.6 Å². The Balaban J connectivity index is 1.86. The summed E-state index contributed by atoms with van der Waals surface area (Å²) in [6.45, 7) is 5.46. The zero-order valence-electron chi connectivity index (χ0n) is 12.0. The van der Waals surface area contributed by atoms with Gasteiger partial charge < -0.3 is 10.2 Å². The predicted octanol–water partition coefficient (Wildman–Crippen LogP) is 0.629. The van der Waals surface area contributed by atoms with Crippen LogP contribution < -0.4 is 5.32 Å². The van der Waals surface area contributed by atoms with Gasteiger partial charge in [-0.15, -0.1) is 0 Å². The van der Waals surface area contributed by atoms with Gasteiger partial charge in [-0.25, -0.2) is 0 Å². The first-order valence-electron chi connectivity index (χ1n) is 7.00. The number of nitrogens with zero attached hydrogens (tertiary/aromatic N) is 3. The lowest BCUT2D eigenvalue weighted by Crippen LogP contribution is -2.51. The molecule has 0 aliphatic carbocycles. The third-order valence-electron chi connectivity index (χ3n) is 3.34. The highest BCUT2D eigenvalue weighted by Gasteiger charge is 2.23. The minimum atomic E-state index is -0.116. The number of pyridine rings is 1. The molecule has 0 aromatic carbocycles. The number of rotatable bonds is 4. The molecule has 1 fully saturated rings. The molecule has 1 aromatic rings. The van der Waals surface area contributed by atoms with E-state index >= 15 is 0 Å². The number of amides is 2. The minimum absolute atomic E-state index is 0.0220. The molecule has 0 spiro atoms. The Labute approximate surface area is 129 Å². The van der Waals surface area contributed by atoms with E-state index in [4.69, 9.17) is 11.6 Å². The first kappa shape index (κ1) is 15.7. The van der Waals surface area contributed by atoms with Crippen molar-refractivity contribution in [3.8, 4) is 0 Å². The second kappa shape index (κ2) is 7.38. The minimum Gasteiger partial charge on any atom is -0.355 e. The molecule has 2 heterocycles. The molecule has 6 nitrogen and oxygen atoms in total. The smallest absolute Gasteiger partial charge is 0.272 e. The molecular weight excluding hydrogens is 292 g/mol. The topological polar surface area (TPSA) is 65.5 Å². The van der Waals surface area contributed by atoms with Gasteiger partial charge in [0.15, 0.2) is 0 Å². The average Bonchev–Trinajstić information content (AvgIpc) is 2.47. The van der Waals surface area contributed by atoms with Crippen LogP contribution in [0, 0.1) is 0 Å². The van der Waals surface area contributed by atoms with Crippen LogP contribution in [0.1, 0.15) is 17.4 Å². The van der Waals surface area contributed by atoms with Crippen molar-refractivity contribution in [3.05, 3.63) is 29.0 Å². The lowest BCUT2D eigenvalue weighted by Gasteiger charge is -2.34. The summed E-state index contributed by atoms with van der Waals surface area (Å²) in [5.41, 5.74) is 0.361. The molecule has 0 saturated carbocycles. The third kappa shape index (κ3) is 4.41. The van der Waals surface area contributed by atoms with Crippen molar-refractivity contribution < 1.29 is 9.59 Å². The van der Waals surface area contributed by atoms with Crippen molar-refractivity contribution in [1.82, 2.24) is 20.1 Å². The number of carbonyl (C=O) groups is 2. The van der Waals surface area contributed by atoms with Crippen LogP contribution >= 0.6 is 11.6 Å². The molecule has 0 radical (unpaired) electrons. The van der Waals surface area contributed by atoms with Crippen LogP contribution in [0.5, 0.6) is 0 Å². The lowest BCUT2D eigenvalue weighted by molar-refractivity contribution is -0.122. The fourth-order valence-corrected chi connectivity index (χ4v) is 2.41. The highest BCUT2D eigenvalue weighted by Crippen LogP contribution is 2.11. The Morgan fingerprint density at radius 3 is 2.67 bits per heavy atom. The van der Waals surface area contributed by atoms with E-state index in [2.05, 4.69) is 10.3 Å². The van der Waals surface area contributed by atoms with E-state index in [0.29, 0.717) is 50.0 Å². The number of carbonyl (C=O) groups excluding carboxylic acids is 2.